The average molecular weight is 286 g/mol. The summed E-state index contributed by atoms with van der Waals surface area (Å²) in [5, 5.41) is 0. The van der Waals surface area contributed by atoms with Crippen molar-refractivity contribution >= 4 is 5.91 Å². The third-order valence-electron chi connectivity index (χ3n) is 5.14. The number of nitrogens with two attached hydrogens (primary N) is 1. The number of hydrogen-bond acceptors (Lipinski definition) is 2. The van der Waals surface area contributed by atoms with Crippen LogP contribution in [0.2, 0.25) is 0 Å². The summed E-state index contributed by atoms with van der Waals surface area (Å²) in [6.45, 7) is 1.59. The molecule has 2 fully saturated rings. The number of carbonyl (C=O) groups is 1. The van der Waals surface area contributed by atoms with E-state index < -0.39 is 0 Å². The van der Waals surface area contributed by atoms with Gasteiger partial charge in [0.25, 0.3) is 5.91 Å². The second kappa shape index (κ2) is 6.61. The molecule has 3 heteroatoms. The number of amides is 1. The molecule has 114 valence electrons. The first-order chi connectivity index (χ1) is 10.3. The zero-order valence-electron chi connectivity index (χ0n) is 12.8. The molecule has 1 heterocycles. The Labute approximate surface area is 127 Å². The highest BCUT2D eigenvalue weighted by atomic mass is 16.2. The maximum atomic E-state index is 12.8. The van der Waals surface area contributed by atoms with Crippen molar-refractivity contribution in [3.05, 3.63) is 35.4 Å². The Balaban J connectivity index is 1.71. The van der Waals surface area contributed by atoms with Crippen LogP contribution in [0.3, 0.4) is 0 Å². The van der Waals surface area contributed by atoms with E-state index >= 15 is 0 Å². The summed E-state index contributed by atoms with van der Waals surface area (Å²) in [5.74, 6) is 0.969. The minimum atomic E-state index is 0.226. The molecule has 1 aliphatic heterocycles. The molecule has 2 N–H and O–H groups in total. The smallest absolute Gasteiger partial charge is 0.254 e. The predicted octanol–water partition coefficient (Wildman–Crippen LogP) is 2.98. The van der Waals surface area contributed by atoms with Gasteiger partial charge in [-0.2, -0.15) is 0 Å². The van der Waals surface area contributed by atoms with Gasteiger partial charge in [0.1, 0.15) is 0 Å². The molecular formula is C18H26N2O. The van der Waals surface area contributed by atoms with Crippen molar-refractivity contribution in [1.29, 1.82) is 0 Å². The molecule has 0 radical (unpaired) electrons. The molecule has 21 heavy (non-hydrogen) atoms. The van der Waals surface area contributed by atoms with Gasteiger partial charge in [-0.05, 0) is 62.3 Å². The van der Waals surface area contributed by atoms with Crippen LogP contribution in [0.5, 0.6) is 0 Å². The number of hydrogen-bond donors (Lipinski definition) is 1. The summed E-state index contributed by atoms with van der Waals surface area (Å²) in [6.07, 6.45) is 8.55. The number of benzene rings is 1. The molecule has 0 aromatic heterocycles. The first-order valence-electron chi connectivity index (χ1n) is 8.39. The van der Waals surface area contributed by atoms with Crippen LogP contribution in [0, 0.1) is 5.92 Å². The molecule has 1 unspecified atom stereocenters. The van der Waals surface area contributed by atoms with Gasteiger partial charge in [-0.15, -0.1) is 0 Å². The minimum absolute atomic E-state index is 0.226. The molecule has 1 saturated carbocycles. The highest BCUT2D eigenvalue weighted by Crippen LogP contribution is 2.36. The fourth-order valence-corrected chi connectivity index (χ4v) is 4.02. The van der Waals surface area contributed by atoms with Crippen molar-refractivity contribution in [2.24, 2.45) is 11.7 Å². The van der Waals surface area contributed by atoms with E-state index in [1.165, 1.54) is 37.7 Å². The third kappa shape index (κ3) is 3.13. The Hall–Kier alpha value is -1.35. The molecule has 1 aromatic carbocycles. The van der Waals surface area contributed by atoms with Gasteiger partial charge in [0.05, 0.1) is 0 Å². The number of carbonyl (C=O) groups excluding carboxylic acids is 1. The quantitative estimate of drug-likeness (QED) is 0.925. The Morgan fingerprint density at radius 3 is 2.48 bits per heavy atom. The summed E-state index contributed by atoms with van der Waals surface area (Å²) in [7, 11) is 0. The van der Waals surface area contributed by atoms with E-state index in [0.29, 0.717) is 12.6 Å². The minimum Gasteiger partial charge on any atom is -0.335 e. The van der Waals surface area contributed by atoms with Gasteiger partial charge >= 0.3 is 0 Å². The molecule has 2 aliphatic rings. The maximum absolute atomic E-state index is 12.8. The fraction of sp³-hybridized carbons (Fsp3) is 0.611. The predicted molar refractivity (Wildman–Crippen MR) is 85.2 cm³/mol. The SMILES string of the molecule is NCCc1ccc(C(=O)N2CCCC2C2CCCC2)cc1. The zero-order valence-corrected chi connectivity index (χ0v) is 12.8. The first kappa shape index (κ1) is 14.6. The van der Waals surface area contributed by atoms with Crippen LogP contribution in [0.25, 0.3) is 0 Å². The summed E-state index contributed by atoms with van der Waals surface area (Å²) < 4.78 is 0. The van der Waals surface area contributed by atoms with Crippen molar-refractivity contribution in [1.82, 2.24) is 4.90 Å². The van der Waals surface area contributed by atoms with Crippen LogP contribution in [0.4, 0.5) is 0 Å². The summed E-state index contributed by atoms with van der Waals surface area (Å²) >= 11 is 0. The van der Waals surface area contributed by atoms with Crippen LogP contribution in [-0.4, -0.2) is 29.9 Å². The largest absolute Gasteiger partial charge is 0.335 e. The van der Waals surface area contributed by atoms with E-state index in [-0.39, 0.29) is 5.91 Å². The van der Waals surface area contributed by atoms with Gasteiger partial charge in [0, 0.05) is 18.2 Å². The molecule has 1 aromatic rings. The standard InChI is InChI=1S/C18H26N2O/c19-12-11-14-7-9-16(10-8-14)18(21)20-13-3-6-17(20)15-4-1-2-5-15/h7-10,15,17H,1-6,11-13,19H2. The van der Waals surface area contributed by atoms with Crippen LogP contribution in [0.15, 0.2) is 24.3 Å². The van der Waals surface area contributed by atoms with E-state index in [1.54, 1.807) is 0 Å². The molecule has 3 rings (SSSR count). The van der Waals surface area contributed by atoms with Crippen LogP contribution >= 0.6 is 0 Å². The Morgan fingerprint density at radius 1 is 1.10 bits per heavy atom. The topological polar surface area (TPSA) is 46.3 Å². The second-order valence-electron chi connectivity index (χ2n) is 6.49. The van der Waals surface area contributed by atoms with Crippen molar-refractivity contribution in [3.63, 3.8) is 0 Å². The zero-order chi connectivity index (χ0) is 14.7. The number of likely N-dealkylation sites (tertiary alicyclic amines) is 1. The highest BCUT2D eigenvalue weighted by molar-refractivity contribution is 5.94. The van der Waals surface area contributed by atoms with Gasteiger partial charge in [-0.3, -0.25) is 4.79 Å². The molecule has 1 saturated heterocycles. The highest BCUT2D eigenvalue weighted by Gasteiger charge is 2.36. The van der Waals surface area contributed by atoms with Gasteiger partial charge in [0.2, 0.25) is 0 Å². The van der Waals surface area contributed by atoms with Crippen LogP contribution in [-0.2, 0) is 6.42 Å². The molecule has 1 amide bonds. The Bertz CT molecular complexity index is 476. The monoisotopic (exact) mass is 286 g/mol. The molecule has 0 spiro atoms. The lowest BCUT2D eigenvalue weighted by Gasteiger charge is -2.29. The van der Waals surface area contributed by atoms with E-state index in [9.17, 15) is 4.79 Å². The summed E-state index contributed by atoms with van der Waals surface area (Å²) in [6, 6.07) is 8.51. The number of rotatable bonds is 4. The van der Waals surface area contributed by atoms with Crippen molar-refractivity contribution in [2.45, 2.75) is 51.0 Å². The van der Waals surface area contributed by atoms with Crippen molar-refractivity contribution in [2.75, 3.05) is 13.1 Å². The van der Waals surface area contributed by atoms with E-state index in [4.69, 9.17) is 5.73 Å². The van der Waals surface area contributed by atoms with Gasteiger partial charge in [-0.1, -0.05) is 25.0 Å². The van der Waals surface area contributed by atoms with Crippen molar-refractivity contribution < 1.29 is 4.79 Å². The lowest BCUT2D eigenvalue weighted by atomic mass is 9.95. The maximum Gasteiger partial charge on any atom is 0.254 e. The second-order valence-corrected chi connectivity index (χ2v) is 6.49. The van der Waals surface area contributed by atoms with Gasteiger partial charge in [-0.25, -0.2) is 0 Å². The lowest BCUT2D eigenvalue weighted by molar-refractivity contribution is 0.0689. The van der Waals surface area contributed by atoms with E-state index in [2.05, 4.69) is 4.90 Å². The summed E-state index contributed by atoms with van der Waals surface area (Å²) in [5.41, 5.74) is 7.62. The molecule has 1 atom stereocenters. The number of nitrogens with zero attached hydrogens (tertiary/aromatic N) is 1. The van der Waals surface area contributed by atoms with Gasteiger partial charge < -0.3 is 10.6 Å². The third-order valence-corrected chi connectivity index (χ3v) is 5.14. The van der Waals surface area contributed by atoms with Crippen LogP contribution in [0.1, 0.15) is 54.4 Å². The summed E-state index contributed by atoms with van der Waals surface area (Å²) in [4.78, 5) is 14.9. The molecule has 3 nitrogen and oxygen atoms in total. The molecule has 0 bridgehead atoms. The molecule has 1 aliphatic carbocycles. The van der Waals surface area contributed by atoms with Crippen LogP contribution < -0.4 is 5.73 Å². The van der Waals surface area contributed by atoms with E-state index in [0.717, 1.165) is 30.9 Å². The Kier molecular flexibility index (Phi) is 4.59. The van der Waals surface area contributed by atoms with Crippen molar-refractivity contribution in [3.8, 4) is 0 Å². The Morgan fingerprint density at radius 2 is 1.81 bits per heavy atom. The fourth-order valence-electron chi connectivity index (χ4n) is 4.02. The van der Waals surface area contributed by atoms with Gasteiger partial charge in [0.15, 0.2) is 0 Å². The van der Waals surface area contributed by atoms with E-state index in [1.807, 2.05) is 24.3 Å². The molecular weight excluding hydrogens is 260 g/mol. The lowest BCUT2D eigenvalue weighted by Crippen LogP contribution is -2.39. The first-order valence-corrected chi connectivity index (χ1v) is 8.39. The average Bonchev–Trinajstić information content (AvgIpc) is 3.18. The normalized spacial score (nSPS) is 22.9.